The monoisotopic (exact) mass is 306 g/mol. The number of halogens is 1. The molecule has 0 aromatic carbocycles. The SMILES string of the molecule is Cc1nn(CC(=O)N(C)C(C)c2ccccn2)c(C)c1Cl. The predicted octanol–water partition coefficient (Wildman–Crippen LogP) is 2.77. The molecule has 1 unspecified atom stereocenters. The normalized spacial score (nSPS) is 12.2. The summed E-state index contributed by atoms with van der Waals surface area (Å²) in [6.07, 6.45) is 1.73. The van der Waals surface area contributed by atoms with Crippen LogP contribution < -0.4 is 0 Å². The predicted molar refractivity (Wildman–Crippen MR) is 82.1 cm³/mol. The van der Waals surface area contributed by atoms with Gasteiger partial charge in [0, 0.05) is 13.2 Å². The molecule has 6 heteroatoms. The second kappa shape index (κ2) is 6.26. The van der Waals surface area contributed by atoms with Crippen LogP contribution in [0, 0.1) is 13.8 Å². The summed E-state index contributed by atoms with van der Waals surface area (Å²) in [6.45, 7) is 5.82. The van der Waals surface area contributed by atoms with Crippen LogP contribution in [0.25, 0.3) is 0 Å². The van der Waals surface area contributed by atoms with E-state index in [1.165, 1.54) is 0 Å². The van der Waals surface area contributed by atoms with Crippen molar-refractivity contribution in [2.24, 2.45) is 0 Å². The van der Waals surface area contributed by atoms with Gasteiger partial charge in [0.1, 0.15) is 6.54 Å². The highest BCUT2D eigenvalue weighted by Gasteiger charge is 2.20. The van der Waals surface area contributed by atoms with Gasteiger partial charge in [-0.3, -0.25) is 14.5 Å². The van der Waals surface area contributed by atoms with E-state index in [1.54, 1.807) is 22.8 Å². The van der Waals surface area contributed by atoms with Gasteiger partial charge in [0.15, 0.2) is 0 Å². The molecule has 2 aromatic heterocycles. The molecule has 2 heterocycles. The molecule has 2 aromatic rings. The molecule has 112 valence electrons. The lowest BCUT2D eigenvalue weighted by molar-refractivity contribution is -0.132. The molecule has 0 aliphatic heterocycles. The van der Waals surface area contributed by atoms with Crippen LogP contribution in [0.3, 0.4) is 0 Å². The Bertz CT molecular complexity index is 639. The van der Waals surface area contributed by atoms with Crippen molar-refractivity contribution in [2.75, 3.05) is 7.05 Å². The van der Waals surface area contributed by atoms with Crippen molar-refractivity contribution in [1.82, 2.24) is 19.7 Å². The number of rotatable bonds is 4. The van der Waals surface area contributed by atoms with E-state index in [4.69, 9.17) is 11.6 Å². The minimum absolute atomic E-state index is 0.0320. The summed E-state index contributed by atoms with van der Waals surface area (Å²) in [5.74, 6) is -0.0320. The molecule has 0 aliphatic rings. The van der Waals surface area contributed by atoms with E-state index in [0.29, 0.717) is 5.02 Å². The molecule has 0 spiro atoms. The van der Waals surface area contributed by atoms with Crippen molar-refractivity contribution in [1.29, 1.82) is 0 Å². The van der Waals surface area contributed by atoms with Crippen LogP contribution in [0.5, 0.6) is 0 Å². The maximum Gasteiger partial charge on any atom is 0.244 e. The number of hydrogen-bond donors (Lipinski definition) is 0. The Hall–Kier alpha value is -1.88. The smallest absolute Gasteiger partial charge is 0.244 e. The zero-order valence-electron chi connectivity index (χ0n) is 12.7. The van der Waals surface area contributed by atoms with Gasteiger partial charge in [0.2, 0.25) is 5.91 Å². The maximum absolute atomic E-state index is 12.4. The standard InChI is InChI=1S/C15H19ClN4O/c1-10-15(16)12(3)20(18-10)9-14(21)19(4)11(2)13-7-5-6-8-17-13/h5-8,11H,9H2,1-4H3. The lowest BCUT2D eigenvalue weighted by atomic mass is 10.2. The molecule has 1 amide bonds. The molecule has 1 atom stereocenters. The van der Waals surface area contributed by atoms with Crippen LogP contribution in [-0.4, -0.2) is 32.6 Å². The van der Waals surface area contributed by atoms with Gasteiger partial charge in [-0.2, -0.15) is 5.10 Å². The quantitative estimate of drug-likeness (QED) is 0.873. The molecule has 0 fully saturated rings. The fourth-order valence-electron chi connectivity index (χ4n) is 2.11. The molecule has 0 saturated carbocycles. The van der Waals surface area contributed by atoms with E-state index >= 15 is 0 Å². The zero-order valence-corrected chi connectivity index (χ0v) is 13.4. The average Bonchev–Trinajstić information content (AvgIpc) is 2.74. The summed E-state index contributed by atoms with van der Waals surface area (Å²) in [5, 5.41) is 4.90. The van der Waals surface area contributed by atoms with Gasteiger partial charge < -0.3 is 4.90 Å². The molecular weight excluding hydrogens is 288 g/mol. The third kappa shape index (κ3) is 3.24. The first kappa shape index (κ1) is 15.5. The lowest BCUT2D eigenvalue weighted by Crippen LogP contribution is -2.33. The van der Waals surface area contributed by atoms with Crippen LogP contribution in [0.2, 0.25) is 5.02 Å². The Labute approximate surface area is 129 Å². The van der Waals surface area contributed by atoms with E-state index < -0.39 is 0 Å². The largest absolute Gasteiger partial charge is 0.336 e. The third-order valence-electron chi connectivity index (χ3n) is 3.67. The highest BCUT2D eigenvalue weighted by molar-refractivity contribution is 6.31. The summed E-state index contributed by atoms with van der Waals surface area (Å²) in [4.78, 5) is 18.4. The molecule has 0 saturated heterocycles. The van der Waals surface area contributed by atoms with Gasteiger partial charge in [-0.15, -0.1) is 0 Å². The Morgan fingerprint density at radius 1 is 1.43 bits per heavy atom. The Balaban J connectivity index is 2.11. The molecule has 0 bridgehead atoms. The summed E-state index contributed by atoms with van der Waals surface area (Å²) in [7, 11) is 1.77. The van der Waals surface area contributed by atoms with E-state index in [9.17, 15) is 4.79 Å². The van der Waals surface area contributed by atoms with Crippen LogP contribution in [0.1, 0.15) is 30.0 Å². The lowest BCUT2D eigenvalue weighted by Gasteiger charge is -2.24. The summed E-state index contributed by atoms with van der Waals surface area (Å²) >= 11 is 6.10. The van der Waals surface area contributed by atoms with Gasteiger partial charge in [0.05, 0.1) is 28.1 Å². The Morgan fingerprint density at radius 3 is 2.67 bits per heavy atom. The van der Waals surface area contributed by atoms with E-state index in [1.807, 2.05) is 39.0 Å². The summed E-state index contributed by atoms with van der Waals surface area (Å²) in [6, 6.07) is 5.59. The van der Waals surface area contributed by atoms with Crippen molar-refractivity contribution in [3.63, 3.8) is 0 Å². The van der Waals surface area contributed by atoms with E-state index in [2.05, 4.69) is 10.1 Å². The molecule has 0 aliphatic carbocycles. The number of carbonyl (C=O) groups is 1. The zero-order chi connectivity index (χ0) is 15.6. The second-order valence-corrected chi connectivity index (χ2v) is 5.46. The Morgan fingerprint density at radius 2 is 2.14 bits per heavy atom. The number of aromatic nitrogens is 3. The van der Waals surface area contributed by atoms with Gasteiger partial charge in [-0.1, -0.05) is 17.7 Å². The fourth-order valence-corrected chi connectivity index (χ4v) is 2.24. The maximum atomic E-state index is 12.4. The molecule has 0 N–H and O–H groups in total. The number of amides is 1. The number of pyridine rings is 1. The first-order valence-corrected chi connectivity index (χ1v) is 7.15. The molecule has 0 radical (unpaired) electrons. The first-order chi connectivity index (χ1) is 9.91. The van der Waals surface area contributed by atoms with Crippen LogP contribution in [0.4, 0.5) is 0 Å². The minimum atomic E-state index is -0.0915. The van der Waals surface area contributed by atoms with Crippen molar-refractivity contribution >= 4 is 17.5 Å². The van der Waals surface area contributed by atoms with Crippen molar-refractivity contribution in [3.8, 4) is 0 Å². The highest BCUT2D eigenvalue weighted by atomic mass is 35.5. The van der Waals surface area contributed by atoms with E-state index in [-0.39, 0.29) is 18.5 Å². The third-order valence-corrected chi connectivity index (χ3v) is 4.22. The van der Waals surface area contributed by atoms with Gasteiger partial charge in [-0.25, -0.2) is 0 Å². The van der Waals surface area contributed by atoms with Crippen molar-refractivity contribution in [2.45, 2.75) is 33.4 Å². The second-order valence-electron chi connectivity index (χ2n) is 5.08. The van der Waals surface area contributed by atoms with Gasteiger partial charge in [0.25, 0.3) is 0 Å². The fraction of sp³-hybridized carbons (Fsp3) is 0.400. The van der Waals surface area contributed by atoms with Gasteiger partial charge in [-0.05, 0) is 32.9 Å². The van der Waals surface area contributed by atoms with Crippen LogP contribution in [-0.2, 0) is 11.3 Å². The van der Waals surface area contributed by atoms with E-state index in [0.717, 1.165) is 17.1 Å². The summed E-state index contributed by atoms with van der Waals surface area (Å²) in [5.41, 5.74) is 2.41. The first-order valence-electron chi connectivity index (χ1n) is 6.78. The van der Waals surface area contributed by atoms with Crippen molar-refractivity contribution in [3.05, 3.63) is 46.5 Å². The molecule has 5 nitrogen and oxygen atoms in total. The van der Waals surface area contributed by atoms with Crippen molar-refractivity contribution < 1.29 is 4.79 Å². The van der Waals surface area contributed by atoms with Gasteiger partial charge >= 0.3 is 0 Å². The van der Waals surface area contributed by atoms with Crippen LogP contribution in [0.15, 0.2) is 24.4 Å². The number of likely N-dealkylation sites (N-methyl/N-ethyl adjacent to an activating group) is 1. The minimum Gasteiger partial charge on any atom is -0.336 e. The molecule has 2 rings (SSSR count). The Kier molecular flexibility index (Phi) is 4.63. The van der Waals surface area contributed by atoms with Crippen LogP contribution >= 0.6 is 11.6 Å². The number of aryl methyl sites for hydroxylation is 1. The average molecular weight is 307 g/mol. The number of nitrogens with zero attached hydrogens (tertiary/aromatic N) is 4. The summed E-state index contributed by atoms with van der Waals surface area (Å²) < 4.78 is 1.64. The highest BCUT2D eigenvalue weighted by Crippen LogP contribution is 2.20. The number of hydrogen-bond acceptors (Lipinski definition) is 3. The number of carbonyl (C=O) groups excluding carboxylic acids is 1. The topological polar surface area (TPSA) is 51.0 Å². The molecule has 21 heavy (non-hydrogen) atoms. The molecular formula is C15H19ClN4O.